The quantitative estimate of drug-likeness (QED) is 0.779. The molecule has 0 radical (unpaired) electrons. The second kappa shape index (κ2) is 6.13. The molecular formula is C9H13IN2O2. The molecule has 0 bridgehead atoms. The van der Waals surface area contributed by atoms with Crippen LogP contribution in [0.4, 0.5) is 0 Å². The minimum absolute atomic E-state index is 0.0185. The van der Waals surface area contributed by atoms with E-state index < -0.39 is 0 Å². The average molecular weight is 308 g/mol. The molecule has 1 aromatic rings. The third-order valence-electron chi connectivity index (χ3n) is 1.46. The van der Waals surface area contributed by atoms with Crippen LogP contribution in [0.1, 0.15) is 13.8 Å². The predicted octanol–water partition coefficient (Wildman–Crippen LogP) is 1.89. The molecule has 0 N–H and O–H groups in total. The van der Waals surface area contributed by atoms with Crippen LogP contribution in [0.5, 0.6) is 6.01 Å². The first-order valence-corrected chi connectivity index (χ1v) is 5.52. The van der Waals surface area contributed by atoms with Crippen LogP contribution in [0.25, 0.3) is 0 Å². The van der Waals surface area contributed by atoms with E-state index in [0.29, 0.717) is 19.2 Å². The van der Waals surface area contributed by atoms with Crippen molar-refractivity contribution in [2.24, 2.45) is 0 Å². The summed E-state index contributed by atoms with van der Waals surface area (Å²) in [4.78, 5) is 8.06. The molecule has 1 atom stereocenters. The molecule has 0 saturated carbocycles. The second-order valence-corrected chi connectivity index (χ2v) is 4.02. The van der Waals surface area contributed by atoms with Gasteiger partial charge < -0.3 is 9.47 Å². The Morgan fingerprint density at radius 2 is 2.07 bits per heavy atom. The molecule has 14 heavy (non-hydrogen) atoms. The van der Waals surface area contributed by atoms with Gasteiger partial charge in [0, 0.05) is 22.6 Å². The van der Waals surface area contributed by atoms with Gasteiger partial charge in [-0.1, -0.05) is 0 Å². The lowest BCUT2D eigenvalue weighted by molar-refractivity contribution is 0.0607. The zero-order chi connectivity index (χ0) is 10.4. The fourth-order valence-corrected chi connectivity index (χ4v) is 1.14. The summed E-state index contributed by atoms with van der Waals surface area (Å²) < 4.78 is 11.6. The van der Waals surface area contributed by atoms with Gasteiger partial charge in [-0.15, -0.1) is 0 Å². The maximum Gasteiger partial charge on any atom is 0.316 e. The van der Waals surface area contributed by atoms with Crippen LogP contribution in [-0.4, -0.2) is 29.3 Å². The van der Waals surface area contributed by atoms with E-state index in [4.69, 9.17) is 9.47 Å². The maximum absolute atomic E-state index is 5.42. The Morgan fingerprint density at radius 1 is 1.43 bits per heavy atom. The fraction of sp³-hybridized carbons (Fsp3) is 0.556. The average Bonchev–Trinajstić information content (AvgIpc) is 2.18. The summed E-state index contributed by atoms with van der Waals surface area (Å²) in [5.41, 5.74) is 0. The molecule has 78 valence electrons. The lowest BCUT2D eigenvalue weighted by Crippen LogP contribution is -2.20. The SMILES string of the molecule is CCOCC(C)Oc1ncc(I)cn1. The molecule has 0 aliphatic rings. The van der Waals surface area contributed by atoms with E-state index in [1.165, 1.54) is 0 Å². The largest absolute Gasteiger partial charge is 0.458 e. The van der Waals surface area contributed by atoms with Gasteiger partial charge in [-0.2, -0.15) is 0 Å². The second-order valence-electron chi connectivity index (χ2n) is 2.77. The lowest BCUT2D eigenvalue weighted by Gasteiger charge is -2.12. The van der Waals surface area contributed by atoms with Crippen molar-refractivity contribution in [3.8, 4) is 6.01 Å². The van der Waals surface area contributed by atoms with Crippen LogP contribution in [0.2, 0.25) is 0 Å². The molecular weight excluding hydrogens is 295 g/mol. The van der Waals surface area contributed by atoms with E-state index in [0.717, 1.165) is 3.57 Å². The summed E-state index contributed by atoms with van der Waals surface area (Å²) in [5, 5.41) is 0. The third kappa shape index (κ3) is 4.19. The van der Waals surface area contributed by atoms with Crippen molar-refractivity contribution in [2.45, 2.75) is 20.0 Å². The highest BCUT2D eigenvalue weighted by atomic mass is 127. The highest BCUT2D eigenvalue weighted by molar-refractivity contribution is 14.1. The van der Waals surface area contributed by atoms with Crippen molar-refractivity contribution in [2.75, 3.05) is 13.2 Å². The number of ether oxygens (including phenoxy) is 2. The topological polar surface area (TPSA) is 44.2 Å². The van der Waals surface area contributed by atoms with Gasteiger partial charge >= 0.3 is 6.01 Å². The fourth-order valence-electron chi connectivity index (χ4n) is 0.859. The normalized spacial score (nSPS) is 12.5. The first-order chi connectivity index (χ1) is 6.72. The Labute approximate surface area is 97.2 Å². The van der Waals surface area contributed by atoms with Gasteiger partial charge in [-0.05, 0) is 36.4 Å². The van der Waals surface area contributed by atoms with Gasteiger partial charge in [-0.25, -0.2) is 9.97 Å². The number of halogens is 1. The Kier molecular flexibility index (Phi) is 5.10. The molecule has 1 rings (SSSR count). The summed E-state index contributed by atoms with van der Waals surface area (Å²) >= 11 is 2.15. The summed E-state index contributed by atoms with van der Waals surface area (Å²) in [6.45, 7) is 5.14. The summed E-state index contributed by atoms with van der Waals surface area (Å²) in [7, 11) is 0. The van der Waals surface area contributed by atoms with Crippen LogP contribution in [0, 0.1) is 3.57 Å². The number of aromatic nitrogens is 2. The van der Waals surface area contributed by atoms with Crippen molar-refractivity contribution < 1.29 is 9.47 Å². The zero-order valence-corrected chi connectivity index (χ0v) is 10.4. The van der Waals surface area contributed by atoms with Crippen molar-refractivity contribution >= 4 is 22.6 Å². The van der Waals surface area contributed by atoms with Crippen LogP contribution in [0.15, 0.2) is 12.4 Å². The van der Waals surface area contributed by atoms with Crippen molar-refractivity contribution in [1.29, 1.82) is 0 Å². The molecule has 0 spiro atoms. The molecule has 4 nitrogen and oxygen atoms in total. The molecule has 5 heteroatoms. The molecule has 0 amide bonds. The lowest BCUT2D eigenvalue weighted by atomic mass is 10.4. The monoisotopic (exact) mass is 308 g/mol. The molecule has 1 heterocycles. The van der Waals surface area contributed by atoms with E-state index in [1.807, 2.05) is 13.8 Å². The van der Waals surface area contributed by atoms with E-state index in [1.54, 1.807) is 12.4 Å². The molecule has 0 aliphatic carbocycles. The Balaban J connectivity index is 2.39. The minimum Gasteiger partial charge on any atom is -0.458 e. The van der Waals surface area contributed by atoms with E-state index in [2.05, 4.69) is 32.6 Å². The number of rotatable bonds is 5. The molecule has 0 aliphatic heterocycles. The van der Waals surface area contributed by atoms with Crippen LogP contribution >= 0.6 is 22.6 Å². The van der Waals surface area contributed by atoms with Gasteiger partial charge in [0.15, 0.2) is 0 Å². The van der Waals surface area contributed by atoms with Crippen molar-refractivity contribution in [1.82, 2.24) is 9.97 Å². The first-order valence-electron chi connectivity index (χ1n) is 4.44. The minimum atomic E-state index is -0.0185. The third-order valence-corrected chi connectivity index (χ3v) is 2.02. The van der Waals surface area contributed by atoms with Gasteiger partial charge in [0.25, 0.3) is 0 Å². The Hall–Kier alpha value is -0.430. The number of hydrogen-bond donors (Lipinski definition) is 0. The molecule has 0 aromatic carbocycles. The summed E-state index contributed by atoms with van der Waals surface area (Å²) in [5.74, 6) is 0. The number of hydrogen-bond acceptors (Lipinski definition) is 4. The number of nitrogens with zero attached hydrogens (tertiary/aromatic N) is 2. The van der Waals surface area contributed by atoms with Gasteiger partial charge in [0.2, 0.25) is 0 Å². The van der Waals surface area contributed by atoms with Gasteiger partial charge in [0.1, 0.15) is 6.10 Å². The van der Waals surface area contributed by atoms with Crippen LogP contribution in [0.3, 0.4) is 0 Å². The first kappa shape index (κ1) is 11.6. The molecule has 1 unspecified atom stereocenters. The Bertz CT molecular complexity index is 266. The van der Waals surface area contributed by atoms with Crippen LogP contribution in [-0.2, 0) is 4.74 Å². The molecule has 0 fully saturated rings. The summed E-state index contributed by atoms with van der Waals surface area (Å²) in [6.07, 6.45) is 3.42. The summed E-state index contributed by atoms with van der Waals surface area (Å²) in [6, 6.07) is 0.401. The molecule has 1 aromatic heterocycles. The standard InChI is InChI=1S/C9H13IN2O2/c1-3-13-6-7(2)14-9-11-4-8(10)5-12-9/h4-5,7H,3,6H2,1-2H3. The smallest absolute Gasteiger partial charge is 0.316 e. The van der Waals surface area contributed by atoms with E-state index in [-0.39, 0.29) is 6.10 Å². The highest BCUT2D eigenvalue weighted by Crippen LogP contribution is 2.06. The zero-order valence-electron chi connectivity index (χ0n) is 8.24. The van der Waals surface area contributed by atoms with Crippen molar-refractivity contribution in [3.63, 3.8) is 0 Å². The maximum atomic E-state index is 5.42. The highest BCUT2D eigenvalue weighted by Gasteiger charge is 2.05. The van der Waals surface area contributed by atoms with E-state index >= 15 is 0 Å². The van der Waals surface area contributed by atoms with Crippen LogP contribution < -0.4 is 4.74 Å². The van der Waals surface area contributed by atoms with Gasteiger partial charge in [-0.3, -0.25) is 0 Å². The Morgan fingerprint density at radius 3 is 2.64 bits per heavy atom. The van der Waals surface area contributed by atoms with E-state index in [9.17, 15) is 0 Å². The van der Waals surface area contributed by atoms with Gasteiger partial charge in [0.05, 0.1) is 6.61 Å². The predicted molar refractivity (Wildman–Crippen MR) is 61.3 cm³/mol. The van der Waals surface area contributed by atoms with Crippen molar-refractivity contribution in [3.05, 3.63) is 16.0 Å². The molecule has 0 saturated heterocycles.